The Hall–Kier alpha value is -1.94. The van der Waals surface area contributed by atoms with Gasteiger partial charge in [0.05, 0.1) is 26.4 Å². The lowest BCUT2D eigenvalue weighted by Gasteiger charge is -2.21. The smallest absolute Gasteiger partial charge is 0.462 e. The molecule has 0 aromatic heterocycles. The highest BCUT2D eigenvalue weighted by Crippen LogP contribution is 2.45. The molecular formula is C71H138O17P2. The maximum Gasteiger partial charge on any atom is 0.472 e. The highest BCUT2D eigenvalue weighted by molar-refractivity contribution is 7.47. The molecule has 3 N–H and O–H groups in total. The molecule has 0 aliphatic rings. The van der Waals surface area contributed by atoms with Crippen molar-refractivity contribution in [1.82, 2.24) is 0 Å². The average molecular weight is 1330 g/mol. The maximum atomic E-state index is 13.0. The van der Waals surface area contributed by atoms with E-state index in [-0.39, 0.29) is 25.7 Å². The van der Waals surface area contributed by atoms with Gasteiger partial charge in [0.25, 0.3) is 0 Å². The van der Waals surface area contributed by atoms with Gasteiger partial charge in [-0.05, 0) is 49.4 Å². The predicted molar refractivity (Wildman–Crippen MR) is 363 cm³/mol. The zero-order chi connectivity index (χ0) is 66.8. The van der Waals surface area contributed by atoms with Crippen molar-refractivity contribution in [3.63, 3.8) is 0 Å². The molecule has 0 aliphatic heterocycles. The normalized spacial score (nSPS) is 14.9. The Morgan fingerprint density at radius 1 is 0.311 bits per heavy atom. The number of carbonyl (C=O) groups is 4. The van der Waals surface area contributed by atoms with Crippen LogP contribution in [0.4, 0.5) is 0 Å². The third-order valence-corrected chi connectivity index (χ3v) is 18.9. The van der Waals surface area contributed by atoms with Crippen molar-refractivity contribution in [1.29, 1.82) is 0 Å². The van der Waals surface area contributed by atoms with Crippen LogP contribution in [0.3, 0.4) is 0 Å². The monoisotopic (exact) mass is 1320 g/mol. The molecule has 90 heavy (non-hydrogen) atoms. The second-order valence-electron chi connectivity index (χ2n) is 27.1. The summed E-state index contributed by atoms with van der Waals surface area (Å²) in [4.78, 5) is 72.5. The molecule has 7 atom stereocenters. The quantitative estimate of drug-likeness (QED) is 0.0222. The van der Waals surface area contributed by atoms with Gasteiger partial charge in [-0.25, -0.2) is 9.13 Å². The molecule has 17 nitrogen and oxygen atoms in total. The van der Waals surface area contributed by atoms with Gasteiger partial charge in [-0.1, -0.05) is 299 Å². The second kappa shape index (κ2) is 60.7. The van der Waals surface area contributed by atoms with Crippen molar-refractivity contribution in [2.24, 2.45) is 23.7 Å². The molecule has 0 spiro atoms. The Balaban J connectivity index is 5.20. The molecule has 0 rings (SSSR count). The number of carbonyl (C=O) groups excluding carboxylic acids is 4. The Morgan fingerprint density at radius 2 is 0.533 bits per heavy atom. The van der Waals surface area contributed by atoms with Gasteiger partial charge >= 0.3 is 39.5 Å². The van der Waals surface area contributed by atoms with Crippen LogP contribution in [0.25, 0.3) is 0 Å². The van der Waals surface area contributed by atoms with Gasteiger partial charge < -0.3 is 33.8 Å². The molecule has 19 heteroatoms. The van der Waals surface area contributed by atoms with E-state index in [1.54, 1.807) is 0 Å². The van der Waals surface area contributed by atoms with E-state index >= 15 is 0 Å². The van der Waals surface area contributed by atoms with E-state index in [4.69, 9.17) is 37.0 Å². The van der Waals surface area contributed by atoms with Gasteiger partial charge in [0, 0.05) is 25.7 Å². The first-order chi connectivity index (χ1) is 43.2. The maximum absolute atomic E-state index is 13.0. The van der Waals surface area contributed by atoms with Gasteiger partial charge in [0.1, 0.15) is 19.3 Å². The van der Waals surface area contributed by atoms with Crippen molar-refractivity contribution < 1.29 is 80.2 Å². The number of aliphatic hydroxyl groups is 1. The summed E-state index contributed by atoms with van der Waals surface area (Å²) < 4.78 is 68.3. The molecule has 0 aromatic rings. The van der Waals surface area contributed by atoms with Gasteiger partial charge in [0.2, 0.25) is 0 Å². The van der Waals surface area contributed by atoms with Gasteiger partial charge in [-0.2, -0.15) is 0 Å². The van der Waals surface area contributed by atoms with Crippen LogP contribution in [0.1, 0.15) is 351 Å². The Labute approximate surface area is 549 Å². The van der Waals surface area contributed by atoms with Crippen LogP contribution in [0, 0.1) is 23.7 Å². The Kier molecular flexibility index (Phi) is 59.4. The van der Waals surface area contributed by atoms with Crippen LogP contribution in [-0.4, -0.2) is 96.7 Å². The highest BCUT2D eigenvalue weighted by atomic mass is 31.2. The van der Waals surface area contributed by atoms with Gasteiger partial charge in [-0.15, -0.1) is 0 Å². The molecule has 0 radical (unpaired) electrons. The molecule has 0 aliphatic carbocycles. The summed E-state index contributed by atoms with van der Waals surface area (Å²) in [5.41, 5.74) is 0. The predicted octanol–water partition coefficient (Wildman–Crippen LogP) is 20.1. The standard InChI is InChI=1S/C71H138O17P2/c1-9-63(7)49-41-33-24-20-17-18-22-26-37-45-53-70(75)87-66(58-82-69(74)52-44-36-30-28-34-42-50-64(8)10-2)59-85-89(77,78)83-55-65(72)56-84-90(79,80)86-60-67(88-71(76)54-46-38-29-27-32-40-48-62(5)6)57-81-68(73)51-43-35-25-21-16-14-12-11-13-15-19-23-31-39-47-61(3)4/h61-67,72H,9-60H2,1-8H3,(H,77,78)(H,79,80)/t63?,64?,65-,66+,67+/m0/s1. The molecule has 0 amide bonds. The van der Waals surface area contributed by atoms with E-state index in [1.165, 1.54) is 148 Å². The summed E-state index contributed by atoms with van der Waals surface area (Å²) >= 11 is 0. The first-order valence-electron chi connectivity index (χ1n) is 36.8. The third-order valence-electron chi connectivity index (χ3n) is 17.0. The second-order valence-corrected chi connectivity index (χ2v) is 30.0. The number of phosphoric acid groups is 2. The highest BCUT2D eigenvalue weighted by Gasteiger charge is 2.30. The van der Waals surface area contributed by atoms with E-state index in [0.717, 1.165) is 114 Å². The van der Waals surface area contributed by atoms with Crippen molar-refractivity contribution in [3.8, 4) is 0 Å². The number of aliphatic hydroxyl groups excluding tert-OH is 1. The molecule has 0 bridgehead atoms. The lowest BCUT2D eigenvalue weighted by Crippen LogP contribution is -2.30. The fraction of sp³-hybridized carbons (Fsp3) is 0.944. The fourth-order valence-electron chi connectivity index (χ4n) is 10.6. The first-order valence-corrected chi connectivity index (χ1v) is 39.8. The van der Waals surface area contributed by atoms with E-state index in [2.05, 4.69) is 55.4 Å². The number of hydrogen-bond donors (Lipinski definition) is 3. The minimum absolute atomic E-state index is 0.102. The van der Waals surface area contributed by atoms with Crippen molar-refractivity contribution >= 4 is 39.5 Å². The zero-order valence-corrected chi connectivity index (χ0v) is 60.6. The third kappa shape index (κ3) is 62.2. The number of phosphoric ester groups is 2. The van der Waals surface area contributed by atoms with E-state index < -0.39 is 97.5 Å². The molecule has 534 valence electrons. The zero-order valence-electron chi connectivity index (χ0n) is 58.8. The molecule has 0 aromatic carbocycles. The summed E-state index contributed by atoms with van der Waals surface area (Å²) in [5.74, 6) is 0.869. The molecule has 0 saturated heterocycles. The molecule has 0 saturated carbocycles. The molecule has 4 unspecified atom stereocenters. The number of rotatable bonds is 68. The van der Waals surface area contributed by atoms with Gasteiger partial charge in [-0.3, -0.25) is 37.3 Å². The van der Waals surface area contributed by atoms with Crippen LogP contribution in [-0.2, 0) is 65.4 Å². The summed E-state index contributed by atoms with van der Waals surface area (Å²) in [6.45, 7) is 14.1. The van der Waals surface area contributed by atoms with Crippen molar-refractivity contribution in [3.05, 3.63) is 0 Å². The van der Waals surface area contributed by atoms with Crippen molar-refractivity contribution in [2.45, 2.75) is 369 Å². The number of unbranched alkanes of at least 4 members (excludes halogenated alkanes) is 32. The summed E-state index contributed by atoms with van der Waals surface area (Å²) in [7, 11) is -9.90. The summed E-state index contributed by atoms with van der Waals surface area (Å²) in [6.07, 6.45) is 43.2. The molecular weight excluding hydrogens is 1190 g/mol. The molecule has 0 fully saturated rings. The van der Waals surface area contributed by atoms with E-state index in [1.807, 2.05) is 0 Å². The minimum atomic E-state index is -4.95. The van der Waals surface area contributed by atoms with Crippen LogP contribution in [0.5, 0.6) is 0 Å². The lowest BCUT2D eigenvalue weighted by molar-refractivity contribution is -0.161. The number of esters is 4. The van der Waals surface area contributed by atoms with Crippen LogP contribution in [0.2, 0.25) is 0 Å². The average Bonchev–Trinajstić information content (AvgIpc) is 3.69. The van der Waals surface area contributed by atoms with Crippen LogP contribution >= 0.6 is 15.6 Å². The SMILES string of the molecule is CCC(C)CCCCCCCCCCCCC(=O)O[C@H](COC(=O)CCCCCCCCC(C)CC)COP(=O)(O)OC[C@H](O)COP(=O)(O)OC[C@@H](COC(=O)CCCCCCCCCCCCCCCCC(C)C)OC(=O)CCCCCCCCC(C)C. The largest absolute Gasteiger partial charge is 0.472 e. The van der Waals surface area contributed by atoms with E-state index in [0.29, 0.717) is 31.6 Å². The fourth-order valence-corrected chi connectivity index (χ4v) is 12.2. The Bertz CT molecular complexity index is 1790. The van der Waals surface area contributed by atoms with Crippen LogP contribution < -0.4 is 0 Å². The summed E-state index contributed by atoms with van der Waals surface area (Å²) in [5, 5.41) is 10.6. The summed E-state index contributed by atoms with van der Waals surface area (Å²) in [6, 6.07) is 0. The van der Waals surface area contributed by atoms with Gasteiger partial charge in [0.15, 0.2) is 12.2 Å². The Morgan fingerprint density at radius 3 is 0.789 bits per heavy atom. The van der Waals surface area contributed by atoms with Crippen molar-refractivity contribution in [2.75, 3.05) is 39.6 Å². The number of hydrogen-bond acceptors (Lipinski definition) is 15. The van der Waals surface area contributed by atoms with E-state index in [9.17, 15) is 43.2 Å². The van der Waals surface area contributed by atoms with Crippen LogP contribution in [0.15, 0.2) is 0 Å². The minimum Gasteiger partial charge on any atom is -0.462 e. The number of ether oxygens (including phenoxy) is 4. The topological polar surface area (TPSA) is 237 Å². The lowest BCUT2D eigenvalue weighted by atomic mass is 9.99. The molecule has 0 heterocycles. The first kappa shape index (κ1) is 88.1.